The lowest BCUT2D eigenvalue weighted by atomic mass is 10.1. The Morgan fingerprint density at radius 3 is 2.50 bits per heavy atom. The normalized spacial score (nSPS) is 17.9. The van der Waals surface area contributed by atoms with E-state index in [0.717, 1.165) is 57.8 Å². The highest BCUT2D eigenvalue weighted by Crippen LogP contribution is 2.12. The number of carbonyl (C=O) groups is 3. The average molecular weight is 392 g/mol. The van der Waals surface area contributed by atoms with E-state index in [9.17, 15) is 14.4 Å². The van der Waals surface area contributed by atoms with E-state index >= 15 is 0 Å². The number of rotatable bonds is 10. The Kier molecular flexibility index (Phi) is 9.44. The number of unbranched alkanes of at least 4 members (excludes halogenated alkanes) is 1. The fourth-order valence-electron chi connectivity index (χ4n) is 2.78. The molecule has 1 amide bonds. The molecule has 2 aliphatic rings. The van der Waals surface area contributed by atoms with E-state index in [1.807, 2.05) is 0 Å². The van der Waals surface area contributed by atoms with Crippen molar-refractivity contribution in [1.29, 1.82) is 0 Å². The highest BCUT2D eigenvalue weighted by Gasteiger charge is 2.15. The van der Waals surface area contributed by atoms with E-state index in [0.29, 0.717) is 30.7 Å². The van der Waals surface area contributed by atoms with Crippen LogP contribution >= 0.6 is 0 Å². The average Bonchev–Trinajstić information content (AvgIpc) is 2.68. The molecule has 2 rings (SSSR count). The molecule has 28 heavy (non-hydrogen) atoms. The molecular weight excluding hydrogens is 364 g/mol. The van der Waals surface area contributed by atoms with Crippen molar-refractivity contribution >= 4 is 17.8 Å². The van der Waals surface area contributed by atoms with E-state index in [4.69, 9.17) is 14.2 Å². The van der Waals surface area contributed by atoms with Gasteiger partial charge in [0.25, 0.3) is 5.91 Å². The summed E-state index contributed by atoms with van der Waals surface area (Å²) in [7, 11) is 0. The SMILES string of the molecule is C=C1CC=C(CCOC(=O)/C=C/C(=O)OCCCCN2CCOCC2)C(=O)N1. The summed E-state index contributed by atoms with van der Waals surface area (Å²) in [4.78, 5) is 37.2. The van der Waals surface area contributed by atoms with Gasteiger partial charge in [0.15, 0.2) is 0 Å². The highest BCUT2D eigenvalue weighted by molar-refractivity contribution is 5.95. The van der Waals surface area contributed by atoms with Gasteiger partial charge in [0.2, 0.25) is 0 Å². The first-order valence-corrected chi connectivity index (χ1v) is 9.54. The largest absolute Gasteiger partial charge is 0.463 e. The van der Waals surface area contributed by atoms with Gasteiger partial charge in [0.05, 0.1) is 26.4 Å². The Labute approximate surface area is 165 Å². The van der Waals surface area contributed by atoms with Gasteiger partial charge in [-0.05, 0) is 19.4 Å². The maximum atomic E-state index is 11.7. The fraction of sp³-hybridized carbons (Fsp3) is 0.550. The minimum atomic E-state index is -0.648. The third kappa shape index (κ3) is 8.49. The summed E-state index contributed by atoms with van der Waals surface area (Å²) < 4.78 is 15.3. The van der Waals surface area contributed by atoms with Crippen LogP contribution in [-0.2, 0) is 28.6 Å². The van der Waals surface area contributed by atoms with Crippen LogP contribution in [-0.4, -0.2) is 68.8 Å². The fourth-order valence-corrected chi connectivity index (χ4v) is 2.78. The minimum absolute atomic E-state index is 0.0610. The second-order valence-corrected chi connectivity index (χ2v) is 6.57. The monoisotopic (exact) mass is 392 g/mol. The van der Waals surface area contributed by atoms with Gasteiger partial charge < -0.3 is 19.5 Å². The first-order valence-electron chi connectivity index (χ1n) is 9.54. The number of esters is 2. The summed E-state index contributed by atoms with van der Waals surface area (Å²) in [6, 6.07) is 0. The summed E-state index contributed by atoms with van der Waals surface area (Å²) in [5.74, 6) is -1.44. The molecule has 1 saturated heterocycles. The number of nitrogens with zero attached hydrogens (tertiary/aromatic N) is 1. The van der Waals surface area contributed by atoms with Gasteiger partial charge in [-0.25, -0.2) is 9.59 Å². The van der Waals surface area contributed by atoms with Crippen molar-refractivity contribution in [2.75, 3.05) is 46.1 Å². The van der Waals surface area contributed by atoms with Crippen LogP contribution in [0.2, 0.25) is 0 Å². The molecule has 2 aliphatic heterocycles. The van der Waals surface area contributed by atoms with E-state index in [-0.39, 0.29) is 12.5 Å². The van der Waals surface area contributed by atoms with Crippen molar-refractivity contribution in [2.24, 2.45) is 0 Å². The Morgan fingerprint density at radius 1 is 1.14 bits per heavy atom. The van der Waals surface area contributed by atoms with Gasteiger partial charge in [-0.15, -0.1) is 0 Å². The Balaban J connectivity index is 1.51. The van der Waals surface area contributed by atoms with Crippen molar-refractivity contribution in [1.82, 2.24) is 10.2 Å². The second kappa shape index (κ2) is 12.1. The van der Waals surface area contributed by atoms with Gasteiger partial charge in [-0.1, -0.05) is 12.7 Å². The zero-order valence-electron chi connectivity index (χ0n) is 16.1. The van der Waals surface area contributed by atoms with Gasteiger partial charge in [-0.3, -0.25) is 9.69 Å². The maximum Gasteiger partial charge on any atom is 0.331 e. The third-order valence-corrected chi connectivity index (χ3v) is 4.36. The predicted molar refractivity (Wildman–Crippen MR) is 102 cm³/mol. The van der Waals surface area contributed by atoms with Crippen LogP contribution in [0.3, 0.4) is 0 Å². The molecule has 0 aromatic carbocycles. The van der Waals surface area contributed by atoms with E-state index in [1.165, 1.54) is 0 Å². The quantitative estimate of drug-likeness (QED) is 0.338. The molecule has 0 spiro atoms. The second-order valence-electron chi connectivity index (χ2n) is 6.57. The summed E-state index contributed by atoms with van der Waals surface area (Å²) in [5, 5.41) is 2.63. The highest BCUT2D eigenvalue weighted by atomic mass is 16.5. The predicted octanol–water partition coefficient (Wildman–Crippen LogP) is 1.09. The molecule has 154 valence electrons. The topological polar surface area (TPSA) is 94.2 Å². The molecule has 1 fully saturated rings. The molecule has 0 radical (unpaired) electrons. The van der Waals surface area contributed by atoms with Gasteiger partial charge >= 0.3 is 11.9 Å². The smallest absolute Gasteiger partial charge is 0.331 e. The molecule has 0 atom stereocenters. The molecule has 2 heterocycles. The summed E-state index contributed by atoms with van der Waals surface area (Å²) in [5.41, 5.74) is 1.20. The molecular formula is C20H28N2O6. The van der Waals surface area contributed by atoms with Crippen molar-refractivity contribution in [3.05, 3.63) is 36.1 Å². The van der Waals surface area contributed by atoms with E-state index in [1.54, 1.807) is 6.08 Å². The van der Waals surface area contributed by atoms with E-state index in [2.05, 4.69) is 16.8 Å². The number of hydrogen-bond donors (Lipinski definition) is 1. The first-order chi connectivity index (χ1) is 13.5. The summed E-state index contributed by atoms with van der Waals surface area (Å²) >= 11 is 0. The van der Waals surface area contributed by atoms with Crippen LogP contribution < -0.4 is 5.32 Å². The van der Waals surface area contributed by atoms with Crippen molar-refractivity contribution in [3.63, 3.8) is 0 Å². The van der Waals surface area contributed by atoms with Gasteiger partial charge in [0.1, 0.15) is 0 Å². The molecule has 0 saturated carbocycles. The number of hydrogen-bond acceptors (Lipinski definition) is 7. The Bertz CT molecular complexity index is 635. The summed E-state index contributed by atoms with van der Waals surface area (Å²) in [6.07, 6.45) is 6.45. The minimum Gasteiger partial charge on any atom is -0.463 e. The molecule has 8 heteroatoms. The Hall–Kier alpha value is -2.45. The lowest BCUT2D eigenvalue weighted by molar-refractivity contribution is -0.140. The first kappa shape index (κ1) is 21.8. The number of amides is 1. The van der Waals surface area contributed by atoms with E-state index < -0.39 is 11.9 Å². The molecule has 0 aliphatic carbocycles. The molecule has 1 N–H and O–H groups in total. The number of ether oxygens (including phenoxy) is 3. The molecule has 0 bridgehead atoms. The van der Waals surface area contributed by atoms with Crippen LogP contribution in [0, 0.1) is 0 Å². The van der Waals surface area contributed by atoms with Crippen LogP contribution in [0.1, 0.15) is 25.7 Å². The maximum absolute atomic E-state index is 11.7. The van der Waals surface area contributed by atoms with Gasteiger partial charge in [-0.2, -0.15) is 0 Å². The molecule has 8 nitrogen and oxygen atoms in total. The lowest BCUT2D eigenvalue weighted by Crippen LogP contribution is -2.36. The van der Waals surface area contributed by atoms with Crippen molar-refractivity contribution < 1.29 is 28.6 Å². The number of allylic oxidation sites excluding steroid dienone is 1. The van der Waals surface area contributed by atoms with Crippen LogP contribution in [0.15, 0.2) is 36.1 Å². The molecule has 0 aromatic rings. The molecule has 0 unspecified atom stereocenters. The Morgan fingerprint density at radius 2 is 1.82 bits per heavy atom. The van der Waals surface area contributed by atoms with Crippen molar-refractivity contribution in [3.8, 4) is 0 Å². The van der Waals surface area contributed by atoms with Crippen LogP contribution in [0.5, 0.6) is 0 Å². The van der Waals surface area contributed by atoms with Gasteiger partial charge in [0, 0.05) is 49.4 Å². The zero-order valence-corrected chi connectivity index (χ0v) is 16.1. The number of carbonyl (C=O) groups excluding carboxylic acids is 3. The van der Waals surface area contributed by atoms with Crippen LogP contribution in [0.4, 0.5) is 0 Å². The number of nitrogens with one attached hydrogen (secondary N) is 1. The standard InChI is InChI=1S/C20H28N2O6/c1-16-4-5-17(20(25)21-16)8-13-28-19(24)7-6-18(23)27-12-3-2-9-22-10-14-26-15-11-22/h5-7H,1-4,8-15H2,(H,21,25)/b7-6+. The number of morpholine rings is 1. The van der Waals surface area contributed by atoms with Crippen LogP contribution in [0.25, 0.3) is 0 Å². The lowest BCUT2D eigenvalue weighted by Gasteiger charge is -2.26. The summed E-state index contributed by atoms with van der Waals surface area (Å²) in [6.45, 7) is 8.46. The van der Waals surface area contributed by atoms with Crippen molar-refractivity contribution in [2.45, 2.75) is 25.7 Å². The third-order valence-electron chi connectivity index (χ3n) is 4.36. The zero-order chi connectivity index (χ0) is 20.2. The molecule has 0 aromatic heterocycles.